The molecule has 0 saturated heterocycles. The minimum absolute atomic E-state index is 0.168. The van der Waals surface area contributed by atoms with Crippen LogP contribution in [0.25, 0.3) is 0 Å². The Morgan fingerprint density at radius 2 is 1.83 bits per heavy atom. The molecule has 0 aliphatic heterocycles. The number of anilines is 2. The molecular weight excluding hydrogens is 386 g/mol. The standard InChI is InChI=1S/C22H24ClN5O/c23-20-26-21(24-12-4-7-15-5-2-1-3-6-15)28-22(27-20)25-18-10-8-16-9-11-19(29)14-17(16)13-18/h1-3,5-6,9,11,14,18,29H,4,7-8,10,12-13H2,(H2,24,25,26,27,28). The number of nitrogens with one attached hydrogen (secondary N) is 2. The fourth-order valence-corrected chi connectivity index (χ4v) is 3.84. The first-order valence-corrected chi connectivity index (χ1v) is 10.3. The van der Waals surface area contributed by atoms with Gasteiger partial charge in [-0.1, -0.05) is 36.4 Å². The van der Waals surface area contributed by atoms with Gasteiger partial charge in [-0.15, -0.1) is 0 Å². The topological polar surface area (TPSA) is 83.0 Å². The Balaban J connectivity index is 1.33. The molecule has 0 saturated carbocycles. The molecule has 0 amide bonds. The van der Waals surface area contributed by atoms with Crippen LogP contribution >= 0.6 is 11.6 Å². The van der Waals surface area contributed by atoms with Crippen LogP contribution in [0.1, 0.15) is 29.5 Å². The van der Waals surface area contributed by atoms with Gasteiger partial charge in [0.05, 0.1) is 0 Å². The van der Waals surface area contributed by atoms with E-state index in [2.05, 4.69) is 49.9 Å². The molecule has 0 radical (unpaired) electrons. The van der Waals surface area contributed by atoms with Crippen LogP contribution in [0.3, 0.4) is 0 Å². The van der Waals surface area contributed by atoms with Gasteiger partial charge in [0.2, 0.25) is 17.2 Å². The maximum atomic E-state index is 9.73. The van der Waals surface area contributed by atoms with Crippen molar-refractivity contribution in [3.63, 3.8) is 0 Å². The zero-order valence-corrected chi connectivity index (χ0v) is 16.9. The molecule has 1 atom stereocenters. The maximum Gasteiger partial charge on any atom is 0.229 e. The van der Waals surface area contributed by atoms with Gasteiger partial charge in [-0.25, -0.2) is 0 Å². The lowest BCUT2D eigenvalue weighted by Crippen LogP contribution is -2.28. The third kappa shape index (κ3) is 5.35. The average Bonchev–Trinajstić information content (AvgIpc) is 2.71. The van der Waals surface area contributed by atoms with Crippen molar-refractivity contribution in [1.29, 1.82) is 0 Å². The molecule has 1 heterocycles. The Morgan fingerprint density at radius 1 is 1.00 bits per heavy atom. The van der Waals surface area contributed by atoms with Crippen molar-refractivity contribution < 1.29 is 5.11 Å². The van der Waals surface area contributed by atoms with Crippen LogP contribution < -0.4 is 10.6 Å². The zero-order valence-electron chi connectivity index (χ0n) is 16.1. The summed E-state index contributed by atoms with van der Waals surface area (Å²) in [5.41, 5.74) is 3.76. The smallest absolute Gasteiger partial charge is 0.229 e. The van der Waals surface area contributed by atoms with E-state index >= 15 is 0 Å². The number of fused-ring (bicyclic) bond motifs is 1. The molecule has 1 aromatic heterocycles. The van der Waals surface area contributed by atoms with E-state index in [-0.39, 0.29) is 11.3 Å². The molecule has 0 fully saturated rings. The number of rotatable bonds is 7. The molecule has 150 valence electrons. The fourth-order valence-electron chi connectivity index (χ4n) is 3.68. The van der Waals surface area contributed by atoms with Crippen LogP contribution in [0, 0.1) is 0 Å². The number of nitrogens with zero attached hydrogens (tertiary/aromatic N) is 3. The third-order valence-corrected chi connectivity index (χ3v) is 5.30. The summed E-state index contributed by atoms with van der Waals surface area (Å²) in [6, 6.07) is 16.2. The van der Waals surface area contributed by atoms with Crippen molar-refractivity contribution in [3.8, 4) is 5.75 Å². The SMILES string of the molecule is Oc1ccc2c(c1)CC(Nc1nc(Cl)nc(NCCCc3ccccc3)n1)CC2. The highest BCUT2D eigenvalue weighted by atomic mass is 35.5. The van der Waals surface area contributed by atoms with E-state index in [0.29, 0.717) is 17.6 Å². The molecule has 1 aliphatic carbocycles. The minimum atomic E-state index is 0.168. The summed E-state index contributed by atoms with van der Waals surface area (Å²) in [5, 5.41) is 16.5. The number of hydrogen-bond donors (Lipinski definition) is 3. The van der Waals surface area contributed by atoms with Crippen LogP contribution in [-0.2, 0) is 19.3 Å². The molecule has 2 aromatic carbocycles. The lowest BCUT2D eigenvalue weighted by Gasteiger charge is -2.25. The predicted molar refractivity (Wildman–Crippen MR) is 116 cm³/mol. The Hall–Kier alpha value is -2.86. The number of phenols is 1. The Bertz CT molecular complexity index is 967. The first-order valence-electron chi connectivity index (χ1n) is 9.92. The Labute approximate surface area is 175 Å². The fraction of sp³-hybridized carbons (Fsp3) is 0.318. The van der Waals surface area contributed by atoms with E-state index in [0.717, 1.165) is 44.2 Å². The molecule has 7 heteroatoms. The molecule has 4 rings (SSSR count). The van der Waals surface area contributed by atoms with Crippen LogP contribution in [0.15, 0.2) is 48.5 Å². The van der Waals surface area contributed by atoms with Crippen molar-refractivity contribution in [2.24, 2.45) is 0 Å². The molecule has 1 unspecified atom stereocenters. The second-order valence-electron chi connectivity index (χ2n) is 7.30. The molecule has 0 spiro atoms. The second kappa shape index (κ2) is 9.09. The Kier molecular flexibility index (Phi) is 6.10. The number of aryl methyl sites for hydroxylation is 2. The lowest BCUT2D eigenvalue weighted by atomic mass is 9.88. The van der Waals surface area contributed by atoms with Crippen molar-refractivity contribution >= 4 is 23.5 Å². The van der Waals surface area contributed by atoms with Gasteiger partial charge in [0, 0.05) is 12.6 Å². The van der Waals surface area contributed by atoms with Crippen molar-refractivity contribution in [2.45, 2.75) is 38.1 Å². The molecule has 3 N–H and O–H groups in total. The summed E-state index contributed by atoms with van der Waals surface area (Å²) in [4.78, 5) is 12.9. The van der Waals surface area contributed by atoms with Crippen molar-refractivity contribution in [2.75, 3.05) is 17.2 Å². The molecule has 29 heavy (non-hydrogen) atoms. The summed E-state index contributed by atoms with van der Waals surface area (Å²) in [6.07, 6.45) is 4.70. The maximum absolute atomic E-state index is 9.73. The zero-order chi connectivity index (χ0) is 20.1. The van der Waals surface area contributed by atoms with E-state index in [1.54, 1.807) is 6.07 Å². The van der Waals surface area contributed by atoms with E-state index < -0.39 is 0 Å². The molecule has 6 nitrogen and oxygen atoms in total. The van der Waals surface area contributed by atoms with Gasteiger partial charge in [-0.3, -0.25) is 0 Å². The Morgan fingerprint density at radius 3 is 2.69 bits per heavy atom. The largest absolute Gasteiger partial charge is 0.508 e. The summed E-state index contributed by atoms with van der Waals surface area (Å²) in [5.74, 6) is 1.26. The number of aromatic nitrogens is 3. The highest BCUT2D eigenvalue weighted by Crippen LogP contribution is 2.26. The number of hydrogen-bond acceptors (Lipinski definition) is 6. The molecule has 3 aromatic rings. The van der Waals surface area contributed by atoms with Gasteiger partial charge in [0.1, 0.15) is 5.75 Å². The van der Waals surface area contributed by atoms with Gasteiger partial charge in [0.25, 0.3) is 0 Å². The van der Waals surface area contributed by atoms with E-state index in [9.17, 15) is 5.11 Å². The first-order chi connectivity index (χ1) is 14.2. The predicted octanol–water partition coefficient (Wildman–Crippen LogP) is 4.24. The first kappa shape index (κ1) is 19.5. The van der Waals surface area contributed by atoms with Gasteiger partial charge >= 0.3 is 0 Å². The third-order valence-electron chi connectivity index (χ3n) is 5.13. The molecule has 0 bridgehead atoms. The quantitative estimate of drug-likeness (QED) is 0.506. The van der Waals surface area contributed by atoms with Crippen LogP contribution in [-0.4, -0.2) is 32.6 Å². The number of phenolic OH excluding ortho intramolecular Hbond substituents is 1. The van der Waals surface area contributed by atoms with E-state index in [1.807, 2.05) is 18.2 Å². The summed E-state index contributed by atoms with van der Waals surface area (Å²) < 4.78 is 0. The van der Waals surface area contributed by atoms with E-state index in [1.165, 1.54) is 11.1 Å². The van der Waals surface area contributed by atoms with Crippen LogP contribution in [0.5, 0.6) is 5.75 Å². The highest BCUT2D eigenvalue weighted by Gasteiger charge is 2.20. The number of aromatic hydroxyl groups is 1. The van der Waals surface area contributed by atoms with Crippen molar-refractivity contribution in [1.82, 2.24) is 15.0 Å². The number of halogens is 1. The molecule has 1 aliphatic rings. The second-order valence-corrected chi connectivity index (χ2v) is 7.64. The number of benzene rings is 2. The van der Waals surface area contributed by atoms with Gasteiger partial charge in [-0.05, 0) is 72.5 Å². The monoisotopic (exact) mass is 409 g/mol. The van der Waals surface area contributed by atoms with Gasteiger partial charge in [-0.2, -0.15) is 15.0 Å². The lowest BCUT2D eigenvalue weighted by molar-refractivity contribution is 0.472. The summed E-state index contributed by atoms with van der Waals surface area (Å²) in [7, 11) is 0. The van der Waals surface area contributed by atoms with Crippen molar-refractivity contribution in [3.05, 3.63) is 70.5 Å². The average molecular weight is 410 g/mol. The van der Waals surface area contributed by atoms with Crippen LogP contribution in [0.2, 0.25) is 5.28 Å². The summed E-state index contributed by atoms with van der Waals surface area (Å²) in [6.45, 7) is 0.755. The van der Waals surface area contributed by atoms with Crippen LogP contribution in [0.4, 0.5) is 11.9 Å². The normalized spacial score (nSPS) is 15.6. The highest BCUT2D eigenvalue weighted by molar-refractivity contribution is 6.28. The summed E-state index contributed by atoms with van der Waals surface area (Å²) >= 11 is 6.10. The molecular formula is C22H24ClN5O. The minimum Gasteiger partial charge on any atom is -0.508 e. The van der Waals surface area contributed by atoms with E-state index in [4.69, 9.17) is 11.6 Å². The van der Waals surface area contributed by atoms with Gasteiger partial charge in [0.15, 0.2) is 0 Å². The van der Waals surface area contributed by atoms with Gasteiger partial charge < -0.3 is 15.7 Å².